The number of carbonyl (C=O) groups is 1. The van der Waals surface area contributed by atoms with Crippen LogP contribution in [-0.2, 0) is 11.2 Å². The Hall–Kier alpha value is -1.31. The summed E-state index contributed by atoms with van der Waals surface area (Å²) in [5.41, 5.74) is 1.13. The molecule has 74 valence electrons. The number of esters is 1. The van der Waals surface area contributed by atoms with Crippen molar-refractivity contribution >= 4 is 5.97 Å². The van der Waals surface area contributed by atoms with E-state index in [1.165, 1.54) is 0 Å². The molecule has 1 aromatic rings. The maximum Gasteiger partial charge on any atom is 0.311 e. The van der Waals surface area contributed by atoms with Crippen molar-refractivity contribution in [3.05, 3.63) is 29.8 Å². The van der Waals surface area contributed by atoms with Crippen LogP contribution in [0.3, 0.4) is 0 Å². The lowest BCUT2D eigenvalue weighted by atomic mass is 9.83. The van der Waals surface area contributed by atoms with Crippen LogP contribution < -0.4 is 4.74 Å². The van der Waals surface area contributed by atoms with E-state index in [1.54, 1.807) is 0 Å². The van der Waals surface area contributed by atoms with Gasteiger partial charge in [0, 0.05) is 0 Å². The number of carbonyl (C=O) groups excluding carboxylic acids is 1. The number of rotatable bonds is 0. The summed E-state index contributed by atoms with van der Waals surface area (Å²) in [4.78, 5) is 11.4. The third-order valence-electron chi connectivity index (χ3n) is 2.49. The van der Waals surface area contributed by atoms with Gasteiger partial charge in [0.05, 0.1) is 6.42 Å². The second-order valence-corrected chi connectivity index (χ2v) is 4.60. The molecule has 0 spiro atoms. The molecule has 1 aliphatic rings. The summed E-state index contributed by atoms with van der Waals surface area (Å²) in [7, 11) is 0. The van der Waals surface area contributed by atoms with Crippen molar-refractivity contribution in [3.8, 4) is 5.75 Å². The first kappa shape index (κ1) is 9.25. The van der Waals surface area contributed by atoms with Gasteiger partial charge in [-0.15, -0.1) is 0 Å². The van der Waals surface area contributed by atoms with E-state index in [1.807, 2.05) is 24.3 Å². The zero-order valence-corrected chi connectivity index (χ0v) is 8.54. The first-order valence-electron chi connectivity index (χ1n) is 4.85. The molecule has 0 radical (unpaired) electrons. The van der Waals surface area contributed by atoms with Gasteiger partial charge >= 0.3 is 5.97 Å². The lowest BCUT2D eigenvalue weighted by Crippen LogP contribution is -2.19. The van der Waals surface area contributed by atoms with Gasteiger partial charge in [-0.2, -0.15) is 0 Å². The van der Waals surface area contributed by atoms with Gasteiger partial charge < -0.3 is 4.74 Å². The predicted octanol–water partition coefficient (Wildman–Crippen LogP) is 2.56. The minimum Gasteiger partial charge on any atom is -0.426 e. The fourth-order valence-electron chi connectivity index (χ4n) is 1.88. The summed E-state index contributed by atoms with van der Waals surface area (Å²) in [6.07, 6.45) is 1.39. The monoisotopic (exact) mass is 190 g/mol. The molecule has 0 atom stereocenters. The van der Waals surface area contributed by atoms with Crippen molar-refractivity contribution < 1.29 is 9.53 Å². The number of ether oxygens (including phenoxy) is 1. The minimum atomic E-state index is -0.125. The third kappa shape index (κ3) is 1.79. The molecule has 0 saturated carbocycles. The Morgan fingerprint density at radius 1 is 1.21 bits per heavy atom. The van der Waals surface area contributed by atoms with E-state index in [0.717, 1.165) is 17.7 Å². The number of fused-ring (bicyclic) bond motifs is 1. The van der Waals surface area contributed by atoms with Crippen LogP contribution in [0, 0.1) is 5.41 Å². The molecule has 1 heterocycles. The molecular formula is C12H14O2. The summed E-state index contributed by atoms with van der Waals surface area (Å²) < 4.78 is 5.25. The Labute approximate surface area is 83.9 Å². The molecule has 2 rings (SSSR count). The Morgan fingerprint density at radius 2 is 1.93 bits per heavy atom. The maximum atomic E-state index is 11.4. The Balaban J connectivity index is 2.42. The Bertz CT molecular complexity index is 366. The molecule has 0 aromatic heterocycles. The van der Waals surface area contributed by atoms with E-state index in [2.05, 4.69) is 13.8 Å². The lowest BCUT2D eigenvalue weighted by molar-refractivity contribution is -0.135. The van der Waals surface area contributed by atoms with Gasteiger partial charge in [-0.25, -0.2) is 0 Å². The van der Waals surface area contributed by atoms with Gasteiger partial charge in [0.25, 0.3) is 0 Å². The predicted molar refractivity (Wildman–Crippen MR) is 54.2 cm³/mol. The summed E-state index contributed by atoms with van der Waals surface area (Å²) >= 11 is 0. The van der Waals surface area contributed by atoms with Crippen LogP contribution in [0.2, 0.25) is 0 Å². The van der Waals surface area contributed by atoms with Crippen molar-refractivity contribution in [1.82, 2.24) is 0 Å². The highest BCUT2D eigenvalue weighted by Gasteiger charge is 2.28. The molecule has 0 saturated heterocycles. The molecule has 0 N–H and O–H groups in total. The number of hydrogen-bond donors (Lipinski definition) is 0. The van der Waals surface area contributed by atoms with E-state index in [-0.39, 0.29) is 11.4 Å². The topological polar surface area (TPSA) is 26.3 Å². The average molecular weight is 190 g/mol. The number of hydrogen-bond acceptors (Lipinski definition) is 2. The molecule has 0 unspecified atom stereocenters. The van der Waals surface area contributed by atoms with Crippen molar-refractivity contribution in [2.75, 3.05) is 0 Å². The average Bonchev–Trinajstić information content (AvgIpc) is 2.16. The van der Waals surface area contributed by atoms with Gasteiger partial charge in [0.2, 0.25) is 0 Å². The van der Waals surface area contributed by atoms with Crippen LogP contribution in [0.25, 0.3) is 0 Å². The van der Waals surface area contributed by atoms with Gasteiger partial charge in [-0.05, 0) is 23.5 Å². The van der Waals surface area contributed by atoms with Crippen molar-refractivity contribution in [2.24, 2.45) is 5.41 Å². The fourth-order valence-corrected chi connectivity index (χ4v) is 1.88. The molecule has 0 aliphatic carbocycles. The quantitative estimate of drug-likeness (QED) is 0.464. The maximum absolute atomic E-state index is 11.4. The zero-order chi connectivity index (χ0) is 10.2. The summed E-state index contributed by atoms with van der Waals surface area (Å²) in [6.45, 7) is 4.19. The number of para-hydroxylation sites is 1. The standard InChI is InChI=1S/C12H14O2/c1-12(2)7-9-5-3-4-6-10(9)14-11(13)8-12/h3-6H,7-8H2,1-2H3. The summed E-state index contributed by atoms with van der Waals surface area (Å²) in [6, 6.07) is 7.75. The highest BCUT2D eigenvalue weighted by molar-refractivity contribution is 5.74. The summed E-state index contributed by atoms with van der Waals surface area (Å²) in [5.74, 6) is 0.600. The molecule has 0 bridgehead atoms. The SMILES string of the molecule is CC1(C)CC(=O)Oc2ccccc2C1. The first-order chi connectivity index (χ1) is 6.57. The van der Waals surface area contributed by atoms with Crippen LogP contribution in [-0.4, -0.2) is 5.97 Å². The normalized spacial score (nSPS) is 19.4. The fraction of sp³-hybridized carbons (Fsp3) is 0.417. The Kier molecular flexibility index (Phi) is 2.06. The molecule has 2 nitrogen and oxygen atoms in total. The van der Waals surface area contributed by atoms with Gasteiger partial charge in [0.1, 0.15) is 5.75 Å². The highest BCUT2D eigenvalue weighted by Crippen LogP contribution is 2.34. The van der Waals surface area contributed by atoms with Gasteiger partial charge in [-0.3, -0.25) is 4.79 Å². The van der Waals surface area contributed by atoms with Crippen LogP contribution >= 0.6 is 0 Å². The van der Waals surface area contributed by atoms with Crippen molar-refractivity contribution in [3.63, 3.8) is 0 Å². The third-order valence-corrected chi connectivity index (χ3v) is 2.49. The largest absolute Gasteiger partial charge is 0.426 e. The Morgan fingerprint density at radius 3 is 2.71 bits per heavy atom. The smallest absolute Gasteiger partial charge is 0.311 e. The number of benzene rings is 1. The van der Waals surface area contributed by atoms with Crippen LogP contribution in [0.4, 0.5) is 0 Å². The molecule has 14 heavy (non-hydrogen) atoms. The van der Waals surface area contributed by atoms with Crippen LogP contribution in [0.5, 0.6) is 5.75 Å². The van der Waals surface area contributed by atoms with E-state index >= 15 is 0 Å². The van der Waals surface area contributed by atoms with Gasteiger partial charge in [0.15, 0.2) is 0 Å². The van der Waals surface area contributed by atoms with E-state index in [9.17, 15) is 4.79 Å². The van der Waals surface area contributed by atoms with E-state index in [4.69, 9.17) is 4.74 Å². The van der Waals surface area contributed by atoms with E-state index < -0.39 is 0 Å². The van der Waals surface area contributed by atoms with Crippen LogP contribution in [0.1, 0.15) is 25.8 Å². The second-order valence-electron chi connectivity index (χ2n) is 4.60. The molecule has 1 aliphatic heterocycles. The molecular weight excluding hydrogens is 176 g/mol. The van der Waals surface area contributed by atoms with E-state index in [0.29, 0.717) is 6.42 Å². The minimum absolute atomic E-state index is 0.00366. The first-order valence-corrected chi connectivity index (χ1v) is 4.85. The molecule has 0 amide bonds. The molecule has 1 aromatic carbocycles. The second kappa shape index (κ2) is 3.12. The molecule has 2 heteroatoms. The highest BCUT2D eigenvalue weighted by atomic mass is 16.5. The molecule has 0 fully saturated rings. The van der Waals surface area contributed by atoms with Gasteiger partial charge in [-0.1, -0.05) is 32.0 Å². The van der Waals surface area contributed by atoms with Crippen LogP contribution in [0.15, 0.2) is 24.3 Å². The zero-order valence-electron chi connectivity index (χ0n) is 8.54. The van der Waals surface area contributed by atoms with Crippen molar-refractivity contribution in [2.45, 2.75) is 26.7 Å². The van der Waals surface area contributed by atoms with Crippen molar-refractivity contribution in [1.29, 1.82) is 0 Å². The lowest BCUT2D eigenvalue weighted by Gasteiger charge is -2.19. The summed E-state index contributed by atoms with van der Waals surface area (Å²) in [5, 5.41) is 0.